The van der Waals surface area contributed by atoms with Gasteiger partial charge in [0, 0.05) is 33.7 Å². The fraction of sp³-hybridized carbons (Fsp3) is 0.167. The van der Waals surface area contributed by atoms with Gasteiger partial charge in [0.05, 0.1) is 8.47 Å². The number of hydrogen-bond donors (Lipinski definition) is 0. The number of carbonyl (C=O) groups is 2. The van der Waals surface area contributed by atoms with E-state index in [1.165, 1.54) is 33.3 Å². The molecule has 2 aliphatic carbocycles. The maximum absolute atomic E-state index is 13.0. The average Bonchev–Trinajstić information content (AvgIpc) is 3.29. The number of allylic oxidation sites excluding steroid dienone is 4. The first-order valence-electron chi connectivity index (χ1n) is 10.2. The zero-order valence-corrected chi connectivity index (χ0v) is 26.0. The number of nitrogens with zero attached hydrogens (tertiary/aromatic N) is 2. The molecule has 1 aliphatic heterocycles. The van der Waals surface area contributed by atoms with Crippen molar-refractivity contribution in [2.24, 2.45) is 0 Å². The lowest BCUT2D eigenvalue weighted by atomic mass is 9.98. The van der Waals surface area contributed by atoms with E-state index in [0.717, 1.165) is 31.0 Å². The second kappa shape index (κ2) is 14.1. The monoisotopic (exact) mass is 670 g/mol. The first-order valence-corrected chi connectivity index (χ1v) is 15.8. The van der Waals surface area contributed by atoms with E-state index in [1.807, 2.05) is 62.4 Å². The minimum atomic E-state index is -0.750. The number of alkyl halides is 6. The summed E-state index contributed by atoms with van der Waals surface area (Å²) in [6.07, 6.45) is 7.56. The summed E-state index contributed by atoms with van der Waals surface area (Å²) in [4.78, 5) is 34.8. The van der Waals surface area contributed by atoms with Crippen molar-refractivity contribution in [3.8, 4) is 0 Å². The number of carbonyl (C=O) groups excluding carboxylic acids is 2. The number of aromatic nitrogens is 2. The van der Waals surface area contributed by atoms with E-state index in [2.05, 4.69) is 9.97 Å². The van der Waals surface area contributed by atoms with Gasteiger partial charge in [-0.1, -0.05) is 106 Å². The lowest BCUT2D eigenvalue weighted by Crippen LogP contribution is -2.12. The summed E-state index contributed by atoms with van der Waals surface area (Å²) in [7, 11) is 3.03. The third-order valence-electron chi connectivity index (χ3n) is 4.73. The fourth-order valence-electron chi connectivity index (χ4n) is 3.24. The molecule has 5 rings (SSSR count). The molecule has 1 fully saturated rings. The summed E-state index contributed by atoms with van der Waals surface area (Å²) in [5.74, 6) is -0.137. The van der Waals surface area contributed by atoms with E-state index in [4.69, 9.17) is 69.6 Å². The van der Waals surface area contributed by atoms with Gasteiger partial charge < -0.3 is 0 Å². The van der Waals surface area contributed by atoms with Crippen LogP contribution in [0.4, 0.5) is 0 Å². The summed E-state index contributed by atoms with van der Waals surface area (Å²) in [6.45, 7) is 3.76. The number of Topliss-reactive ketones (excluding diaryl/α,β-unsaturated/α-hetero) is 2. The summed E-state index contributed by atoms with van der Waals surface area (Å²) >= 11 is 30.3. The van der Waals surface area contributed by atoms with Gasteiger partial charge in [0.2, 0.25) is 11.6 Å². The molecule has 4 nitrogen and oxygen atoms in total. The van der Waals surface area contributed by atoms with Crippen LogP contribution in [0.1, 0.15) is 43.5 Å². The zero-order valence-electron chi connectivity index (χ0n) is 19.0. The SMILES string of the molecule is Cc1ccc2c(n1)C(=O)/C(=C1\SS/C(=C3/C=Cc4ccc(C)nc4C3=O)S1)C=C2.ClC(Cl)Cl.ClC(Cl)Cl. The van der Waals surface area contributed by atoms with E-state index in [-0.39, 0.29) is 11.6 Å². The van der Waals surface area contributed by atoms with Crippen LogP contribution in [0.15, 0.2) is 56.0 Å². The Bertz CT molecular complexity index is 1250. The number of halogens is 6. The number of pyridine rings is 2. The molecule has 2 aromatic heterocycles. The van der Waals surface area contributed by atoms with Crippen LogP contribution in [0.25, 0.3) is 12.2 Å². The zero-order chi connectivity index (χ0) is 27.3. The Morgan fingerprint density at radius 1 is 0.622 bits per heavy atom. The molecular formula is C24H16Cl6N2O2S3. The largest absolute Gasteiger partial charge is 0.287 e. The van der Waals surface area contributed by atoms with Crippen LogP contribution >= 0.6 is 103 Å². The van der Waals surface area contributed by atoms with Crippen molar-refractivity contribution in [1.82, 2.24) is 9.97 Å². The van der Waals surface area contributed by atoms with Gasteiger partial charge in [-0.05, 0) is 59.7 Å². The molecule has 3 heterocycles. The maximum atomic E-state index is 13.0. The van der Waals surface area contributed by atoms with Crippen molar-refractivity contribution in [1.29, 1.82) is 0 Å². The lowest BCUT2D eigenvalue weighted by molar-refractivity contribution is 0.102. The minimum absolute atomic E-state index is 0.0683. The molecular weight excluding hydrogens is 657 g/mol. The molecule has 3 aliphatic rings. The summed E-state index contributed by atoms with van der Waals surface area (Å²) in [5, 5.41) is 0. The first kappa shape index (κ1) is 30.9. The summed E-state index contributed by atoms with van der Waals surface area (Å²) < 4.78 is 0.272. The molecule has 0 atom stereocenters. The van der Waals surface area contributed by atoms with Gasteiger partial charge in [0.15, 0.2) is 8.59 Å². The molecule has 2 aromatic rings. The molecule has 0 spiro atoms. The highest BCUT2D eigenvalue weighted by atomic mass is 35.6. The maximum Gasteiger partial charge on any atom is 0.213 e. The Morgan fingerprint density at radius 3 is 1.32 bits per heavy atom. The van der Waals surface area contributed by atoms with Crippen molar-refractivity contribution in [3.05, 3.63) is 89.9 Å². The second-order valence-corrected chi connectivity index (χ2v) is 14.9. The third kappa shape index (κ3) is 8.44. The van der Waals surface area contributed by atoms with Crippen LogP contribution in [0.2, 0.25) is 0 Å². The normalized spacial score (nSPS) is 19.8. The molecule has 0 bridgehead atoms. The smallest absolute Gasteiger partial charge is 0.213 e. The fourth-order valence-corrected chi connectivity index (χ4v) is 7.75. The van der Waals surface area contributed by atoms with Crippen molar-refractivity contribution >= 4 is 127 Å². The molecule has 0 amide bonds. The van der Waals surface area contributed by atoms with E-state index in [0.29, 0.717) is 22.5 Å². The molecule has 0 aromatic carbocycles. The van der Waals surface area contributed by atoms with Crippen LogP contribution in [-0.2, 0) is 0 Å². The van der Waals surface area contributed by atoms with Gasteiger partial charge in [-0.2, -0.15) is 0 Å². The number of ketones is 2. The number of hydrogen-bond acceptors (Lipinski definition) is 7. The van der Waals surface area contributed by atoms with Gasteiger partial charge >= 0.3 is 0 Å². The number of rotatable bonds is 0. The topological polar surface area (TPSA) is 59.9 Å². The van der Waals surface area contributed by atoms with Crippen LogP contribution in [-0.4, -0.2) is 30.1 Å². The number of fused-ring (bicyclic) bond motifs is 2. The standard InChI is InChI=1S/C22H14N2O2S3.2CHCl3/c1-11-3-5-13-7-9-15(19(25)17(13)23-11)21-27-22(29-28-21)16-10-8-14-6-4-12(2)24-18(14)20(16)26;2*2-1(3)4/h3-10H,1-2H3;2*1H/b21-15-,22-16-;;. The molecule has 194 valence electrons. The summed E-state index contributed by atoms with van der Waals surface area (Å²) in [5.41, 5.74) is 5.57. The van der Waals surface area contributed by atoms with Crippen molar-refractivity contribution in [2.45, 2.75) is 22.4 Å². The third-order valence-corrected chi connectivity index (χ3v) is 9.25. The molecule has 13 heteroatoms. The molecule has 1 saturated heterocycles. The van der Waals surface area contributed by atoms with E-state index < -0.39 is 8.59 Å². The predicted molar refractivity (Wildman–Crippen MR) is 164 cm³/mol. The molecule has 37 heavy (non-hydrogen) atoms. The highest BCUT2D eigenvalue weighted by molar-refractivity contribution is 8.86. The molecule has 0 unspecified atom stereocenters. The summed E-state index contributed by atoms with van der Waals surface area (Å²) in [6, 6.07) is 7.65. The predicted octanol–water partition coefficient (Wildman–Crippen LogP) is 9.74. The van der Waals surface area contributed by atoms with E-state index in [9.17, 15) is 9.59 Å². The molecule has 0 radical (unpaired) electrons. The van der Waals surface area contributed by atoms with Gasteiger partial charge in [0.1, 0.15) is 11.4 Å². The Morgan fingerprint density at radius 2 is 0.973 bits per heavy atom. The van der Waals surface area contributed by atoms with Crippen LogP contribution in [0.5, 0.6) is 0 Å². The van der Waals surface area contributed by atoms with Gasteiger partial charge in [-0.15, -0.1) is 0 Å². The Hall–Kier alpha value is -0.610. The van der Waals surface area contributed by atoms with Gasteiger partial charge in [0.25, 0.3) is 0 Å². The van der Waals surface area contributed by atoms with Crippen LogP contribution in [0.3, 0.4) is 0 Å². The molecule has 0 saturated carbocycles. The van der Waals surface area contributed by atoms with Gasteiger partial charge in [-0.25, -0.2) is 9.97 Å². The Labute approximate surface area is 256 Å². The number of thioether (sulfide) groups is 1. The first-order chi connectivity index (χ1) is 17.5. The lowest BCUT2D eigenvalue weighted by Gasteiger charge is -2.13. The highest BCUT2D eigenvalue weighted by Gasteiger charge is 2.31. The highest BCUT2D eigenvalue weighted by Crippen LogP contribution is 2.60. The van der Waals surface area contributed by atoms with Crippen molar-refractivity contribution in [2.75, 3.05) is 0 Å². The van der Waals surface area contributed by atoms with Crippen LogP contribution in [0, 0.1) is 13.8 Å². The minimum Gasteiger partial charge on any atom is -0.287 e. The quantitative estimate of drug-likeness (QED) is 0.157. The molecule has 0 N–H and O–H groups in total. The van der Waals surface area contributed by atoms with Crippen molar-refractivity contribution < 1.29 is 9.59 Å². The van der Waals surface area contributed by atoms with Gasteiger partial charge in [-0.3, -0.25) is 9.59 Å². The Balaban J connectivity index is 0.000000420. The van der Waals surface area contributed by atoms with E-state index in [1.54, 1.807) is 0 Å². The second-order valence-electron chi connectivity index (χ2n) is 7.27. The Kier molecular flexibility index (Phi) is 11.8. The average molecular weight is 673 g/mol. The number of aryl methyl sites for hydroxylation is 2. The van der Waals surface area contributed by atoms with Crippen molar-refractivity contribution in [3.63, 3.8) is 0 Å². The van der Waals surface area contributed by atoms with E-state index >= 15 is 0 Å². The van der Waals surface area contributed by atoms with Crippen LogP contribution < -0.4 is 0 Å².